The van der Waals surface area contributed by atoms with E-state index >= 15 is 0 Å². The van der Waals surface area contributed by atoms with Crippen LogP contribution in [0.5, 0.6) is 5.75 Å². The summed E-state index contributed by atoms with van der Waals surface area (Å²) in [6.07, 6.45) is 1.95. The first-order valence-corrected chi connectivity index (χ1v) is 8.98. The molecule has 0 aromatic heterocycles. The molecule has 0 amide bonds. The average Bonchev–Trinajstić information content (AvgIpc) is 2.46. The number of hydrogen-bond acceptors (Lipinski definition) is 4. The van der Waals surface area contributed by atoms with Crippen molar-refractivity contribution in [2.45, 2.75) is 16.7 Å². The number of aryl methyl sites for hydroxylation is 1. The van der Waals surface area contributed by atoms with E-state index in [1.165, 1.54) is 0 Å². The van der Waals surface area contributed by atoms with Gasteiger partial charge in [0.05, 0.1) is 12.0 Å². The molecular weight excluding hydrogens is 306 g/mol. The molecule has 0 fully saturated rings. The van der Waals surface area contributed by atoms with Gasteiger partial charge in [0, 0.05) is 10.6 Å². The summed E-state index contributed by atoms with van der Waals surface area (Å²) in [4.78, 5) is 1.25. The van der Waals surface area contributed by atoms with Gasteiger partial charge in [-0.15, -0.1) is 11.8 Å². The monoisotopic (exact) mass is 323 g/mol. The fraction of sp³-hybridized carbons (Fsp3) is 0.200. The predicted molar refractivity (Wildman–Crippen MR) is 86.8 cm³/mol. The fourth-order valence-corrected chi connectivity index (χ4v) is 3.68. The molecule has 0 saturated carbocycles. The van der Waals surface area contributed by atoms with Gasteiger partial charge in [-0.3, -0.25) is 4.72 Å². The minimum atomic E-state index is -3.61. The summed E-state index contributed by atoms with van der Waals surface area (Å²) < 4.78 is 32.6. The molecule has 0 bridgehead atoms. The molecule has 0 atom stereocenters. The van der Waals surface area contributed by atoms with E-state index in [4.69, 9.17) is 4.74 Å². The Labute approximate surface area is 129 Å². The highest BCUT2D eigenvalue weighted by Gasteiger charge is 2.17. The van der Waals surface area contributed by atoms with Gasteiger partial charge in [0.1, 0.15) is 5.75 Å². The number of anilines is 1. The van der Waals surface area contributed by atoms with Crippen molar-refractivity contribution in [2.75, 3.05) is 18.1 Å². The fourth-order valence-electron chi connectivity index (χ4n) is 1.95. The molecule has 2 rings (SSSR count). The van der Waals surface area contributed by atoms with Gasteiger partial charge in [-0.05, 0) is 55.1 Å². The maximum Gasteiger partial charge on any atom is 0.262 e. The molecule has 0 saturated heterocycles. The third-order valence-electron chi connectivity index (χ3n) is 2.99. The van der Waals surface area contributed by atoms with Crippen LogP contribution in [0.4, 0.5) is 5.69 Å². The van der Waals surface area contributed by atoms with Crippen molar-refractivity contribution in [1.29, 1.82) is 0 Å². The number of methoxy groups -OCH3 is 1. The van der Waals surface area contributed by atoms with E-state index in [1.54, 1.807) is 56.1 Å². The summed E-state index contributed by atoms with van der Waals surface area (Å²) in [5, 5.41) is 0. The highest BCUT2D eigenvalue weighted by molar-refractivity contribution is 7.98. The number of nitrogens with one attached hydrogen (secondary N) is 1. The largest absolute Gasteiger partial charge is 0.497 e. The number of hydrogen-bond donors (Lipinski definition) is 1. The molecule has 0 radical (unpaired) electrons. The Hall–Kier alpha value is -1.66. The van der Waals surface area contributed by atoms with E-state index in [1.807, 2.05) is 18.4 Å². The summed E-state index contributed by atoms with van der Waals surface area (Å²) in [5.74, 6) is 0.635. The Balaban J connectivity index is 2.33. The van der Waals surface area contributed by atoms with E-state index < -0.39 is 10.0 Å². The van der Waals surface area contributed by atoms with Crippen LogP contribution < -0.4 is 9.46 Å². The van der Waals surface area contributed by atoms with Gasteiger partial charge < -0.3 is 4.74 Å². The molecule has 2 aromatic rings. The van der Waals surface area contributed by atoms with E-state index in [0.29, 0.717) is 17.0 Å². The highest BCUT2D eigenvalue weighted by Crippen LogP contribution is 2.25. The summed E-state index contributed by atoms with van der Waals surface area (Å²) >= 11 is 1.56. The third kappa shape index (κ3) is 3.71. The van der Waals surface area contributed by atoms with Gasteiger partial charge in [-0.1, -0.05) is 6.07 Å². The van der Waals surface area contributed by atoms with Crippen molar-refractivity contribution in [1.82, 2.24) is 0 Å². The number of benzene rings is 2. The lowest BCUT2D eigenvalue weighted by Crippen LogP contribution is -2.14. The maximum absolute atomic E-state index is 12.5. The van der Waals surface area contributed by atoms with Crippen molar-refractivity contribution in [3.63, 3.8) is 0 Å². The minimum Gasteiger partial charge on any atom is -0.497 e. The molecule has 6 heteroatoms. The normalized spacial score (nSPS) is 11.2. The molecular formula is C15H17NO3S2. The minimum absolute atomic E-state index is 0.248. The zero-order chi connectivity index (χ0) is 15.5. The van der Waals surface area contributed by atoms with Crippen LogP contribution in [0.2, 0.25) is 0 Å². The van der Waals surface area contributed by atoms with Crippen LogP contribution in [0, 0.1) is 6.92 Å². The third-order valence-corrected chi connectivity index (χ3v) is 5.26. The van der Waals surface area contributed by atoms with Crippen molar-refractivity contribution in [3.8, 4) is 5.75 Å². The first-order valence-electron chi connectivity index (χ1n) is 6.28. The van der Waals surface area contributed by atoms with Crippen LogP contribution in [0.15, 0.2) is 52.3 Å². The first-order chi connectivity index (χ1) is 9.96. The molecule has 0 spiro atoms. The second-order valence-electron chi connectivity index (χ2n) is 4.47. The van der Waals surface area contributed by atoms with Crippen molar-refractivity contribution >= 4 is 27.5 Å². The van der Waals surface area contributed by atoms with Gasteiger partial charge in [-0.2, -0.15) is 0 Å². The van der Waals surface area contributed by atoms with Crippen molar-refractivity contribution < 1.29 is 13.2 Å². The summed E-state index contributed by atoms with van der Waals surface area (Å²) in [6.45, 7) is 1.75. The predicted octanol–water partition coefficient (Wildman–Crippen LogP) is 3.53. The Bertz CT molecular complexity index is 742. The molecule has 0 aliphatic rings. The van der Waals surface area contributed by atoms with Crippen LogP contribution in [0.1, 0.15) is 5.56 Å². The Morgan fingerprint density at radius 2 is 1.90 bits per heavy atom. The molecule has 0 heterocycles. The van der Waals surface area contributed by atoms with E-state index in [0.717, 1.165) is 4.90 Å². The lowest BCUT2D eigenvalue weighted by Gasteiger charge is -2.12. The van der Waals surface area contributed by atoms with Crippen LogP contribution in [-0.4, -0.2) is 21.8 Å². The SMILES string of the molecule is COc1ccc(S(=O)(=O)Nc2cccc(SC)c2)c(C)c1. The van der Waals surface area contributed by atoms with E-state index in [2.05, 4.69) is 4.72 Å². The summed E-state index contributed by atoms with van der Waals surface area (Å²) in [7, 11) is -2.06. The number of thioether (sulfide) groups is 1. The zero-order valence-corrected chi connectivity index (χ0v) is 13.7. The molecule has 2 aromatic carbocycles. The lowest BCUT2D eigenvalue weighted by molar-refractivity contribution is 0.414. The topological polar surface area (TPSA) is 55.4 Å². The molecule has 4 nitrogen and oxygen atoms in total. The Morgan fingerprint density at radius 1 is 1.14 bits per heavy atom. The lowest BCUT2D eigenvalue weighted by atomic mass is 10.2. The smallest absolute Gasteiger partial charge is 0.262 e. The highest BCUT2D eigenvalue weighted by atomic mass is 32.2. The van der Waals surface area contributed by atoms with Crippen LogP contribution in [0.25, 0.3) is 0 Å². The van der Waals surface area contributed by atoms with Gasteiger partial charge in [0.15, 0.2) is 0 Å². The quantitative estimate of drug-likeness (QED) is 0.855. The van der Waals surface area contributed by atoms with Gasteiger partial charge in [0.25, 0.3) is 10.0 Å². The van der Waals surface area contributed by atoms with Gasteiger partial charge >= 0.3 is 0 Å². The molecule has 1 N–H and O–H groups in total. The number of sulfonamides is 1. The van der Waals surface area contributed by atoms with Gasteiger partial charge in [-0.25, -0.2) is 8.42 Å². The van der Waals surface area contributed by atoms with E-state index in [-0.39, 0.29) is 4.90 Å². The van der Waals surface area contributed by atoms with Crippen molar-refractivity contribution in [3.05, 3.63) is 48.0 Å². The maximum atomic E-state index is 12.5. The van der Waals surface area contributed by atoms with Crippen LogP contribution in [0.3, 0.4) is 0 Å². The number of ether oxygens (including phenoxy) is 1. The zero-order valence-electron chi connectivity index (χ0n) is 12.1. The molecule has 0 unspecified atom stereocenters. The molecule has 0 aliphatic carbocycles. The Morgan fingerprint density at radius 3 is 2.52 bits per heavy atom. The van der Waals surface area contributed by atoms with E-state index in [9.17, 15) is 8.42 Å². The number of rotatable bonds is 5. The van der Waals surface area contributed by atoms with Gasteiger partial charge in [0.2, 0.25) is 0 Å². The van der Waals surface area contributed by atoms with Crippen molar-refractivity contribution in [2.24, 2.45) is 0 Å². The average molecular weight is 323 g/mol. The second kappa shape index (κ2) is 6.41. The standard InChI is InChI=1S/C15H17NO3S2/c1-11-9-13(19-2)7-8-15(11)21(17,18)16-12-5-4-6-14(10-12)20-3/h4-10,16H,1-3H3. The second-order valence-corrected chi connectivity index (χ2v) is 7.00. The van der Waals surface area contributed by atoms with Crippen LogP contribution in [-0.2, 0) is 10.0 Å². The summed E-state index contributed by atoms with van der Waals surface area (Å²) in [5.41, 5.74) is 1.19. The Kier molecular flexibility index (Phi) is 4.80. The van der Waals surface area contributed by atoms with Crippen LogP contribution >= 0.6 is 11.8 Å². The molecule has 112 valence electrons. The first kappa shape index (κ1) is 15.7. The molecule has 21 heavy (non-hydrogen) atoms. The summed E-state index contributed by atoms with van der Waals surface area (Å²) in [6, 6.07) is 12.2. The molecule has 0 aliphatic heterocycles.